The molecule has 0 aliphatic heterocycles. The van der Waals surface area contributed by atoms with E-state index in [1.807, 2.05) is 0 Å². The molecule has 1 amide bonds. The second-order valence-electron chi connectivity index (χ2n) is 7.49. The second-order valence-corrected chi connectivity index (χ2v) is 8.88. The van der Waals surface area contributed by atoms with Crippen LogP contribution in [0.1, 0.15) is 13.8 Å². The van der Waals surface area contributed by atoms with E-state index in [2.05, 4.69) is 15.5 Å². The Labute approximate surface area is 186 Å². The highest BCUT2D eigenvalue weighted by Gasteiger charge is 2.61. The van der Waals surface area contributed by atoms with E-state index in [9.17, 15) is 38.2 Å². The molecule has 15 heteroatoms. The Morgan fingerprint density at radius 2 is 1.75 bits per heavy atom. The lowest BCUT2D eigenvalue weighted by Gasteiger charge is -2.04. The van der Waals surface area contributed by atoms with Crippen molar-refractivity contribution in [2.45, 2.75) is 20.0 Å². The number of aromatic nitrogens is 2. The van der Waals surface area contributed by atoms with E-state index in [-0.39, 0.29) is 15.7 Å². The molecular weight excluding hydrogens is 479 g/mol. The average molecular weight is 492 g/mol. The van der Waals surface area contributed by atoms with Crippen LogP contribution in [0.2, 0.25) is 0 Å². The van der Waals surface area contributed by atoms with Gasteiger partial charge in [0.25, 0.3) is 11.4 Å². The van der Waals surface area contributed by atoms with Crippen molar-refractivity contribution in [1.82, 2.24) is 10.2 Å². The van der Waals surface area contributed by atoms with Gasteiger partial charge in [0.15, 0.2) is 0 Å². The van der Waals surface area contributed by atoms with Gasteiger partial charge in [-0.1, -0.05) is 42.9 Å². The normalized spacial score (nSPS) is 20.0. The van der Waals surface area contributed by atoms with Crippen LogP contribution >= 0.6 is 22.9 Å². The van der Waals surface area contributed by atoms with Crippen molar-refractivity contribution < 1.29 is 27.8 Å². The van der Waals surface area contributed by atoms with Crippen molar-refractivity contribution in [1.29, 1.82) is 0 Å². The van der Waals surface area contributed by atoms with Gasteiger partial charge >= 0.3 is 6.18 Å². The first kappa shape index (κ1) is 23.5. The summed E-state index contributed by atoms with van der Waals surface area (Å²) in [6.07, 6.45) is -3.91. The highest BCUT2D eigenvalue weighted by molar-refractivity contribution is 7.18. The summed E-state index contributed by atoms with van der Waals surface area (Å²) < 4.78 is 38.0. The van der Waals surface area contributed by atoms with E-state index in [1.54, 1.807) is 13.8 Å². The van der Waals surface area contributed by atoms with Gasteiger partial charge in [-0.25, -0.2) is 0 Å². The number of rotatable bonds is 6. The fourth-order valence-electron chi connectivity index (χ4n) is 3.24. The van der Waals surface area contributed by atoms with Crippen molar-refractivity contribution in [2.24, 2.45) is 17.3 Å². The van der Waals surface area contributed by atoms with E-state index >= 15 is 0 Å². The number of nitro groups is 2. The lowest BCUT2D eigenvalue weighted by Crippen LogP contribution is -2.16. The van der Waals surface area contributed by atoms with Crippen LogP contribution < -0.4 is 5.32 Å². The Balaban J connectivity index is 1.80. The van der Waals surface area contributed by atoms with Crippen molar-refractivity contribution in [3.8, 4) is 10.6 Å². The largest absolute Gasteiger partial charge is 0.426 e. The number of non-ortho nitro benzene ring substituents is 2. The Hall–Kier alpha value is -3.13. The molecule has 0 bridgehead atoms. The minimum absolute atomic E-state index is 0.0218. The SMILES string of the molecule is CC1(C)C(/C=C(/Cl)C(F)(F)F)C1C(=O)Nc1nnc(-c2cc([N+](=O)[O-])cc([N+](=O)[O-])c2)s1. The number of amides is 1. The third-order valence-corrected chi connectivity index (χ3v) is 6.24. The maximum Gasteiger partial charge on any atom is 0.426 e. The molecule has 2 aromatic rings. The monoisotopic (exact) mass is 491 g/mol. The zero-order chi connectivity index (χ0) is 24.0. The molecule has 1 saturated carbocycles. The van der Waals surface area contributed by atoms with Gasteiger partial charge in [0.05, 0.1) is 21.8 Å². The van der Waals surface area contributed by atoms with Crippen molar-refractivity contribution >= 4 is 45.4 Å². The quantitative estimate of drug-likeness (QED) is 0.446. The topological polar surface area (TPSA) is 141 Å². The molecular formula is C17H13ClF3N5O5S. The molecule has 1 aromatic carbocycles. The van der Waals surface area contributed by atoms with Gasteiger partial charge in [-0.2, -0.15) is 13.2 Å². The van der Waals surface area contributed by atoms with Gasteiger partial charge in [-0.3, -0.25) is 25.0 Å². The van der Waals surface area contributed by atoms with Crippen LogP contribution in [0.3, 0.4) is 0 Å². The number of nitro benzene ring substituents is 2. The summed E-state index contributed by atoms with van der Waals surface area (Å²) in [6.45, 7) is 3.24. The Morgan fingerprint density at radius 1 is 1.19 bits per heavy atom. The second kappa shape index (κ2) is 8.09. The molecule has 1 fully saturated rings. The molecule has 2 unspecified atom stereocenters. The van der Waals surface area contributed by atoms with E-state index in [0.29, 0.717) is 0 Å². The molecule has 1 heterocycles. The Morgan fingerprint density at radius 3 is 2.25 bits per heavy atom. The smallest absolute Gasteiger partial charge is 0.300 e. The number of nitrogens with one attached hydrogen (secondary N) is 1. The van der Waals surface area contributed by atoms with Gasteiger partial charge in [-0.05, 0) is 11.3 Å². The molecule has 0 radical (unpaired) electrons. The van der Waals surface area contributed by atoms with Gasteiger partial charge in [-0.15, -0.1) is 10.2 Å². The minimum atomic E-state index is -4.71. The number of carbonyl (C=O) groups is 1. The molecule has 1 N–H and O–H groups in total. The van der Waals surface area contributed by atoms with Crippen LogP contribution in [0, 0.1) is 37.5 Å². The number of anilines is 1. The van der Waals surface area contributed by atoms with Gasteiger partial charge in [0.1, 0.15) is 10.0 Å². The van der Waals surface area contributed by atoms with Gasteiger partial charge in [0.2, 0.25) is 11.0 Å². The van der Waals surface area contributed by atoms with Gasteiger partial charge in [0, 0.05) is 17.7 Å². The number of hydrogen-bond acceptors (Lipinski definition) is 8. The number of nitrogens with zero attached hydrogens (tertiary/aromatic N) is 4. The van der Waals surface area contributed by atoms with Crippen molar-refractivity contribution in [3.05, 3.63) is 49.5 Å². The van der Waals surface area contributed by atoms with Crippen molar-refractivity contribution in [3.63, 3.8) is 0 Å². The van der Waals surface area contributed by atoms with Crippen LogP contribution in [0.15, 0.2) is 29.3 Å². The highest BCUT2D eigenvalue weighted by Crippen LogP contribution is 2.60. The van der Waals surface area contributed by atoms with Crippen molar-refractivity contribution in [2.75, 3.05) is 5.32 Å². The predicted octanol–water partition coefficient (Wildman–Crippen LogP) is 4.92. The Kier molecular flexibility index (Phi) is 5.95. The summed E-state index contributed by atoms with van der Waals surface area (Å²) in [5, 5.41) is 30.8. The number of allylic oxidation sites excluding steroid dienone is 2. The zero-order valence-electron chi connectivity index (χ0n) is 16.2. The predicted molar refractivity (Wildman–Crippen MR) is 108 cm³/mol. The maximum atomic E-state index is 12.7. The van der Waals surface area contributed by atoms with Crippen LogP contribution in [0.4, 0.5) is 29.7 Å². The summed E-state index contributed by atoms with van der Waals surface area (Å²) in [7, 11) is 0. The number of carbonyl (C=O) groups excluding carboxylic acids is 1. The molecule has 10 nitrogen and oxygen atoms in total. The summed E-state index contributed by atoms with van der Waals surface area (Å²) in [6, 6.07) is 2.94. The fourth-order valence-corrected chi connectivity index (χ4v) is 4.11. The summed E-state index contributed by atoms with van der Waals surface area (Å²) in [4.78, 5) is 33.0. The third kappa shape index (κ3) is 4.70. The molecule has 0 spiro atoms. The number of halogens is 4. The molecule has 2 atom stereocenters. The number of alkyl halides is 3. The first-order chi connectivity index (χ1) is 14.7. The fraction of sp³-hybridized carbons (Fsp3) is 0.353. The maximum absolute atomic E-state index is 12.7. The van der Waals surface area contributed by atoms with E-state index in [0.717, 1.165) is 35.6 Å². The highest BCUT2D eigenvalue weighted by atomic mass is 35.5. The minimum Gasteiger partial charge on any atom is -0.300 e. The number of hydrogen-bond donors (Lipinski definition) is 1. The molecule has 0 saturated heterocycles. The molecule has 3 rings (SSSR count). The summed E-state index contributed by atoms with van der Waals surface area (Å²) in [5.74, 6) is -2.15. The summed E-state index contributed by atoms with van der Waals surface area (Å²) >= 11 is 6.08. The van der Waals surface area contributed by atoms with E-state index in [4.69, 9.17) is 11.6 Å². The van der Waals surface area contributed by atoms with Crippen LogP contribution in [-0.2, 0) is 4.79 Å². The standard InChI is InChI=1S/C17H13ClF3N5O5S/c1-16(2)10(6-11(18)17(19,20)21)12(16)13(27)22-15-24-23-14(32-15)7-3-8(25(28)29)5-9(4-7)26(30)31/h3-6,10,12H,1-2H3,(H,22,24,27)/b11-6+. The van der Waals surface area contributed by atoms with Gasteiger partial charge < -0.3 is 5.32 Å². The van der Waals surface area contributed by atoms with E-state index < -0.39 is 55.6 Å². The van der Waals surface area contributed by atoms with Crippen LogP contribution in [0.25, 0.3) is 10.6 Å². The first-order valence-electron chi connectivity index (χ1n) is 8.75. The Bertz CT molecular complexity index is 1120. The molecule has 32 heavy (non-hydrogen) atoms. The third-order valence-electron chi connectivity index (χ3n) is 5.02. The van der Waals surface area contributed by atoms with Crippen LogP contribution in [0.5, 0.6) is 0 Å². The zero-order valence-corrected chi connectivity index (χ0v) is 17.8. The van der Waals surface area contributed by atoms with E-state index in [1.165, 1.54) is 0 Å². The number of benzene rings is 1. The molecule has 1 aliphatic carbocycles. The van der Waals surface area contributed by atoms with Crippen LogP contribution in [-0.4, -0.2) is 32.1 Å². The average Bonchev–Trinajstić information content (AvgIpc) is 3.00. The summed E-state index contributed by atoms with van der Waals surface area (Å²) in [5.41, 5.74) is -1.77. The molecule has 170 valence electrons. The first-order valence-corrected chi connectivity index (χ1v) is 9.94. The molecule has 1 aromatic heterocycles. The lowest BCUT2D eigenvalue weighted by molar-refractivity contribution is -0.394. The molecule has 1 aliphatic rings. The lowest BCUT2D eigenvalue weighted by atomic mass is 10.1.